The molecule has 0 radical (unpaired) electrons. The minimum Gasteiger partial charge on any atom is -0.508 e. The molecule has 3 aliphatic rings. The topological polar surface area (TPSA) is 143 Å². The Balaban J connectivity index is 0.000000371. The third-order valence-corrected chi connectivity index (χ3v) is 7.04. The number of nitrogens with zero attached hydrogens (tertiary/aromatic N) is 1. The Morgan fingerprint density at radius 1 is 1.03 bits per heavy atom. The summed E-state index contributed by atoms with van der Waals surface area (Å²) in [6.45, 7) is 0. The van der Waals surface area contributed by atoms with E-state index in [4.69, 9.17) is 27.5 Å². The predicted octanol–water partition coefficient (Wildman–Crippen LogP) is -0.404. The highest BCUT2D eigenvalue weighted by Crippen LogP contribution is 2.61. The third kappa shape index (κ3) is 3.18. The predicted molar refractivity (Wildman–Crippen MR) is 95.4 cm³/mol. The Bertz CT molecular complexity index is 1160. The fourth-order valence-corrected chi connectivity index (χ4v) is 6.18. The molecular weight excluding hydrogens is 446 g/mol. The maximum Gasteiger partial charge on any atom is 0.246 e. The molecule has 8 nitrogen and oxygen atoms in total. The second-order valence-electron chi connectivity index (χ2n) is 7.45. The van der Waals surface area contributed by atoms with Gasteiger partial charge in [-0.2, -0.15) is 4.57 Å². The molecule has 31 heavy (non-hydrogen) atoms. The number of aromatic hydroxyl groups is 1. The number of hydrogen-bond donors (Lipinski definition) is 1. The van der Waals surface area contributed by atoms with Crippen LogP contribution in [0.25, 0.3) is 0 Å². The van der Waals surface area contributed by atoms with Crippen molar-refractivity contribution < 1.29 is 47.4 Å². The van der Waals surface area contributed by atoms with Crippen LogP contribution in [0, 0.1) is 10.2 Å². The molecule has 5 heterocycles. The molecule has 10 heteroatoms. The second-order valence-corrected chi connectivity index (χ2v) is 9.14. The van der Waals surface area contributed by atoms with Crippen LogP contribution in [0.1, 0.15) is 45.6 Å². The molecule has 7 rings (SSSR count). The van der Waals surface area contributed by atoms with Gasteiger partial charge in [-0.05, 0) is 18.2 Å². The van der Waals surface area contributed by atoms with E-state index in [1.807, 2.05) is 30.7 Å². The summed E-state index contributed by atoms with van der Waals surface area (Å²) in [6, 6.07) is 10.2. The van der Waals surface area contributed by atoms with E-state index < -0.39 is 10.2 Å². The van der Waals surface area contributed by atoms with Crippen LogP contribution < -0.4 is 23.2 Å². The van der Waals surface area contributed by atoms with Crippen molar-refractivity contribution in [3.63, 3.8) is 0 Å². The highest BCUT2D eigenvalue weighted by Gasteiger charge is 2.61. The molecule has 4 aromatic rings. The van der Waals surface area contributed by atoms with Crippen LogP contribution in [0.2, 0.25) is 0 Å². The van der Waals surface area contributed by atoms with Gasteiger partial charge in [0.15, 0.2) is 12.2 Å². The van der Waals surface area contributed by atoms with Crippen molar-refractivity contribution in [3.05, 3.63) is 94.2 Å². The highest BCUT2D eigenvalue weighted by atomic mass is 35.7. The van der Waals surface area contributed by atoms with Crippen LogP contribution in [0.3, 0.4) is 0 Å². The molecule has 0 saturated carbocycles. The number of thiazole rings is 1. The summed E-state index contributed by atoms with van der Waals surface area (Å²) in [6.07, 6.45) is 10.2. The maximum atomic E-state index is 10.8. The molecule has 2 unspecified atom stereocenters. The zero-order valence-corrected chi connectivity index (χ0v) is 17.4. The van der Waals surface area contributed by atoms with Crippen molar-refractivity contribution in [2.24, 2.45) is 0 Å². The normalized spacial score (nSPS) is 20.5. The molecule has 1 aromatic carbocycles. The summed E-state index contributed by atoms with van der Waals surface area (Å²) in [4.78, 5) is 0. The Morgan fingerprint density at radius 3 is 2.26 bits per heavy atom. The van der Waals surface area contributed by atoms with Gasteiger partial charge in [0.1, 0.15) is 5.75 Å². The van der Waals surface area contributed by atoms with Gasteiger partial charge in [0.05, 0.1) is 41.8 Å². The molecule has 0 spiro atoms. The summed E-state index contributed by atoms with van der Waals surface area (Å²) in [5.41, 5.74) is 4.19. The molecule has 0 amide bonds. The van der Waals surface area contributed by atoms with Gasteiger partial charge in [-0.3, -0.25) is 0 Å². The van der Waals surface area contributed by atoms with Crippen molar-refractivity contribution in [1.82, 2.24) is 0 Å². The van der Waals surface area contributed by atoms with E-state index in [1.165, 1.54) is 10.6 Å². The minimum atomic E-state index is -4.94. The van der Waals surface area contributed by atoms with E-state index in [-0.39, 0.29) is 17.4 Å². The largest absolute Gasteiger partial charge is 0.508 e. The highest BCUT2D eigenvalue weighted by molar-refractivity contribution is 7.09. The molecule has 160 valence electrons. The molecule has 0 fully saturated rings. The second kappa shape index (κ2) is 7.20. The first-order chi connectivity index (χ1) is 14.8. The molecule has 0 saturated heterocycles. The summed E-state index contributed by atoms with van der Waals surface area (Å²) in [7, 11) is -4.94. The number of rotatable bonds is 2. The van der Waals surface area contributed by atoms with Crippen molar-refractivity contribution in [1.29, 1.82) is 0 Å². The number of phenolic OH excluding ortho intramolecular Hbond substituents is 1. The van der Waals surface area contributed by atoms with Crippen LogP contribution in [0.15, 0.2) is 75.8 Å². The van der Waals surface area contributed by atoms with E-state index in [1.54, 1.807) is 29.9 Å². The van der Waals surface area contributed by atoms with E-state index in [0.29, 0.717) is 5.75 Å². The lowest BCUT2D eigenvalue weighted by atomic mass is 9.55. The molecule has 3 aromatic heterocycles. The van der Waals surface area contributed by atoms with Crippen molar-refractivity contribution in [2.45, 2.75) is 23.8 Å². The standard InChI is InChI=1S/C21H15NO3S.ClHO4/c23-17-3-1-2-15-16-10-21(13-4-7-24-11-13,14-5-8-25-12-14)19(18(15)17)20-22(16)6-9-26-20;2-1(3,4)5/h1-9,11-12,16,19H,10H2;(H,2,3,4,5). The quantitative estimate of drug-likeness (QED) is 0.400. The number of halogens is 1. The van der Waals surface area contributed by atoms with E-state index in [0.717, 1.165) is 23.1 Å². The minimum absolute atomic E-state index is 0.0129. The smallest absolute Gasteiger partial charge is 0.246 e. The lowest BCUT2D eigenvalue weighted by molar-refractivity contribution is -2.00. The fourth-order valence-electron chi connectivity index (χ4n) is 5.08. The van der Waals surface area contributed by atoms with Crippen molar-refractivity contribution in [2.75, 3.05) is 0 Å². The van der Waals surface area contributed by atoms with Crippen LogP contribution in [0.5, 0.6) is 5.75 Å². The Labute approximate surface area is 182 Å². The fraction of sp³-hybridized carbons (Fsp3) is 0.190. The molecular formula is C21H16ClNO7S. The molecule has 1 N–H and O–H groups in total. The summed E-state index contributed by atoms with van der Waals surface area (Å²) in [5.74, 6) is 0.382. The van der Waals surface area contributed by atoms with Crippen molar-refractivity contribution >= 4 is 11.3 Å². The van der Waals surface area contributed by atoms with Gasteiger partial charge in [-0.15, -0.1) is 10.2 Å². The van der Waals surface area contributed by atoms with Gasteiger partial charge < -0.3 is 13.9 Å². The first-order valence-corrected chi connectivity index (χ1v) is 11.4. The summed E-state index contributed by atoms with van der Waals surface area (Å²) < 4.78 is 47.3. The summed E-state index contributed by atoms with van der Waals surface area (Å²) >= 11 is 1.75. The number of hydrogen-bond acceptors (Lipinski definition) is 8. The SMILES string of the molecule is Oc1cccc2c1C1c3scc[n+]3C2CC1(c1ccoc1)c1ccoc1.[O-][Cl+3]([O-])([O-])[O-]. The molecule has 2 atom stereocenters. The molecule has 2 aliphatic heterocycles. The summed E-state index contributed by atoms with van der Waals surface area (Å²) in [5, 5.41) is 14.2. The van der Waals surface area contributed by atoms with Crippen LogP contribution in [-0.2, 0) is 5.41 Å². The molecule has 1 aliphatic carbocycles. The van der Waals surface area contributed by atoms with Gasteiger partial charge in [0.25, 0.3) is 0 Å². The zero-order chi connectivity index (χ0) is 21.8. The average molecular weight is 462 g/mol. The zero-order valence-electron chi connectivity index (χ0n) is 15.8. The van der Waals surface area contributed by atoms with Gasteiger partial charge in [-0.25, -0.2) is 18.6 Å². The Morgan fingerprint density at radius 2 is 1.68 bits per heavy atom. The van der Waals surface area contributed by atoms with Crippen molar-refractivity contribution in [3.8, 4) is 5.75 Å². The number of fused-ring (bicyclic) bond motifs is 1. The van der Waals surface area contributed by atoms with Crippen LogP contribution in [-0.4, -0.2) is 5.11 Å². The average Bonchev–Trinajstić information content (AvgIpc) is 3.49. The van der Waals surface area contributed by atoms with E-state index >= 15 is 0 Å². The first-order valence-electron chi connectivity index (χ1n) is 9.28. The lowest BCUT2D eigenvalue weighted by Crippen LogP contribution is -2.68. The first kappa shape index (κ1) is 20.3. The number of benzene rings is 1. The van der Waals surface area contributed by atoms with Gasteiger partial charge in [-0.1, -0.05) is 23.5 Å². The number of phenols is 1. The Kier molecular flexibility index (Phi) is 4.70. The maximum absolute atomic E-state index is 10.8. The van der Waals surface area contributed by atoms with Crippen LogP contribution in [0.4, 0.5) is 0 Å². The molecule has 2 bridgehead atoms. The van der Waals surface area contributed by atoms with E-state index in [2.05, 4.69) is 22.2 Å². The number of furan rings is 2. The van der Waals surface area contributed by atoms with Gasteiger partial charge >= 0.3 is 0 Å². The van der Waals surface area contributed by atoms with Crippen LogP contribution >= 0.6 is 11.3 Å². The monoisotopic (exact) mass is 461 g/mol. The van der Waals surface area contributed by atoms with E-state index in [9.17, 15) is 5.11 Å². The van der Waals surface area contributed by atoms with Gasteiger partial charge in [0.2, 0.25) is 5.01 Å². The Hall–Kier alpha value is -2.66. The number of aromatic nitrogens is 1. The lowest BCUT2D eigenvalue weighted by Gasteiger charge is -2.47. The third-order valence-electron chi connectivity index (χ3n) is 6.09. The van der Waals surface area contributed by atoms with Gasteiger partial charge in [0, 0.05) is 28.7 Å².